The third-order valence-corrected chi connectivity index (χ3v) is 5.72. The quantitative estimate of drug-likeness (QED) is 0.354. The Labute approximate surface area is 205 Å². The lowest BCUT2D eigenvalue weighted by Gasteiger charge is -2.08. The van der Waals surface area contributed by atoms with Gasteiger partial charge in [-0.1, -0.05) is 43.4 Å². The summed E-state index contributed by atoms with van der Waals surface area (Å²) in [5.74, 6) is 0.121. The normalized spacial score (nSPS) is 10.9. The molecule has 0 spiro atoms. The third kappa shape index (κ3) is 6.51. The number of esters is 1. The minimum absolute atomic E-state index is 0.135. The molecule has 2 aromatic carbocycles. The number of amides is 1. The number of benzene rings is 2. The van der Waals surface area contributed by atoms with Gasteiger partial charge in [-0.05, 0) is 42.3 Å². The van der Waals surface area contributed by atoms with Crippen LogP contribution in [0.2, 0.25) is 0 Å². The molecule has 1 N–H and O–H groups in total. The van der Waals surface area contributed by atoms with E-state index in [0.29, 0.717) is 33.6 Å². The van der Waals surface area contributed by atoms with E-state index in [1.165, 1.54) is 21.9 Å². The van der Waals surface area contributed by atoms with Crippen molar-refractivity contribution < 1.29 is 19.1 Å². The van der Waals surface area contributed by atoms with E-state index in [-0.39, 0.29) is 24.7 Å². The summed E-state index contributed by atoms with van der Waals surface area (Å²) < 4.78 is 12.0. The maximum atomic E-state index is 12.4. The highest BCUT2D eigenvalue weighted by Crippen LogP contribution is 2.16. The Kier molecular flexibility index (Phi) is 7.51. The number of anilines is 1. The van der Waals surface area contributed by atoms with E-state index in [9.17, 15) is 14.4 Å². The molecule has 0 unspecified atom stereocenters. The van der Waals surface area contributed by atoms with Gasteiger partial charge in [0.1, 0.15) is 17.4 Å². The smallest absolute Gasteiger partial charge is 0.338 e. The molecule has 9 nitrogen and oxygen atoms in total. The molecule has 180 valence electrons. The molecule has 2 aromatic heterocycles. The summed E-state index contributed by atoms with van der Waals surface area (Å²) >= 11 is 1.35. The number of rotatable bonds is 9. The molecule has 0 aliphatic carbocycles. The summed E-state index contributed by atoms with van der Waals surface area (Å²) in [7, 11) is 0. The Balaban J connectivity index is 1.31. The number of carbonyl (C=O) groups is 2. The van der Waals surface area contributed by atoms with E-state index in [4.69, 9.17) is 9.47 Å². The Morgan fingerprint density at radius 2 is 1.83 bits per heavy atom. The number of hydrogen-bond acceptors (Lipinski definition) is 8. The highest BCUT2D eigenvalue weighted by atomic mass is 32.1. The maximum Gasteiger partial charge on any atom is 0.338 e. The summed E-state index contributed by atoms with van der Waals surface area (Å²) in [4.78, 5) is 41.7. The SMILES string of the molecule is CC(C)Cc1nn2c(=O)cc(COC(=O)c3ccc(NC(=O)COc4ccccc4)cc3)nc2s1. The minimum atomic E-state index is -0.568. The van der Waals surface area contributed by atoms with Crippen LogP contribution in [0.1, 0.15) is 34.9 Å². The van der Waals surface area contributed by atoms with Gasteiger partial charge >= 0.3 is 5.97 Å². The van der Waals surface area contributed by atoms with E-state index in [1.54, 1.807) is 36.4 Å². The Morgan fingerprint density at radius 3 is 2.54 bits per heavy atom. The first-order valence-electron chi connectivity index (χ1n) is 11.0. The van der Waals surface area contributed by atoms with Crippen molar-refractivity contribution in [2.24, 2.45) is 5.92 Å². The standard InChI is InChI=1S/C25H24N4O5S/c1-16(2)12-22-28-29-23(31)13-19(27-25(29)35-22)14-34-24(32)17-8-10-18(11-9-17)26-21(30)15-33-20-6-4-3-5-7-20/h3-11,13,16H,12,14-15H2,1-2H3,(H,26,30). The summed E-state index contributed by atoms with van der Waals surface area (Å²) in [6.07, 6.45) is 0.758. The number of aromatic nitrogens is 3. The minimum Gasteiger partial charge on any atom is -0.484 e. The summed E-state index contributed by atoms with van der Waals surface area (Å²) in [5, 5.41) is 7.84. The van der Waals surface area contributed by atoms with Gasteiger partial charge in [-0.2, -0.15) is 9.61 Å². The molecular formula is C25H24N4O5S. The molecular weight excluding hydrogens is 468 g/mol. The number of hydrogen-bond donors (Lipinski definition) is 1. The van der Waals surface area contributed by atoms with Crippen LogP contribution < -0.4 is 15.6 Å². The van der Waals surface area contributed by atoms with E-state index in [0.717, 1.165) is 11.4 Å². The number of para-hydroxylation sites is 1. The van der Waals surface area contributed by atoms with Crippen LogP contribution in [0.15, 0.2) is 65.5 Å². The zero-order valence-electron chi connectivity index (χ0n) is 19.3. The molecule has 0 aliphatic rings. The number of nitrogens with one attached hydrogen (secondary N) is 1. The van der Waals surface area contributed by atoms with Gasteiger partial charge in [-0.3, -0.25) is 9.59 Å². The third-order valence-electron chi connectivity index (χ3n) is 4.79. The second-order valence-corrected chi connectivity index (χ2v) is 9.22. The molecule has 0 atom stereocenters. The predicted molar refractivity (Wildman–Crippen MR) is 132 cm³/mol. The van der Waals surface area contributed by atoms with Gasteiger partial charge in [0.2, 0.25) is 4.96 Å². The lowest BCUT2D eigenvalue weighted by Crippen LogP contribution is -2.20. The topological polar surface area (TPSA) is 112 Å². The molecule has 10 heteroatoms. The highest BCUT2D eigenvalue weighted by molar-refractivity contribution is 7.16. The van der Waals surface area contributed by atoms with Crippen molar-refractivity contribution in [3.05, 3.63) is 87.3 Å². The van der Waals surface area contributed by atoms with Crippen molar-refractivity contribution in [2.45, 2.75) is 26.9 Å². The molecule has 0 radical (unpaired) electrons. The van der Waals surface area contributed by atoms with Gasteiger partial charge in [-0.15, -0.1) is 0 Å². The first kappa shape index (κ1) is 24.1. The van der Waals surface area contributed by atoms with Crippen molar-refractivity contribution in [1.82, 2.24) is 14.6 Å². The van der Waals surface area contributed by atoms with Gasteiger partial charge in [0, 0.05) is 18.2 Å². The van der Waals surface area contributed by atoms with Crippen LogP contribution in [0.3, 0.4) is 0 Å². The molecule has 35 heavy (non-hydrogen) atoms. The zero-order valence-corrected chi connectivity index (χ0v) is 20.1. The van der Waals surface area contributed by atoms with Crippen LogP contribution in [0.25, 0.3) is 4.96 Å². The molecule has 4 rings (SSSR count). The lowest BCUT2D eigenvalue weighted by atomic mass is 10.1. The first-order valence-corrected chi connectivity index (χ1v) is 11.8. The van der Waals surface area contributed by atoms with Crippen molar-refractivity contribution in [3.8, 4) is 5.75 Å². The van der Waals surface area contributed by atoms with E-state index in [1.807, 2.05) is 18.2 Å². The first-order chi connectivity index (χ1) is 16.9. The van der Waals surface area contributed by atoms with Crippen molar-refractivity contribution >= 4 is 33.9 Å². The lowest BCUT2D eigenvalue weighted by molar-refractivity contribution is -0.118. The molecule has 0 fully saturated rings. The molecule has 4 aromatic rings. The van der Waals surface area contributed by atoms with Crippen LogP contribution in [0.5, 0.6) is 5.75 Å². The van der Waals surface area contributed by atoms with Gasteiger partial charge in [0.05, 0.1) is 11.3 Å². The van der Waals surface area contributed by atoms with Gasteiger partial charge in [0.15, 0.2) is 6.61 Å². The monoisotopic (exact) mass is 492 g/mol. The van der Waals surface area contributed by atoms with Crippen LogP contribution in [-0.2, 0) is 22.6 Å². The predicted octanol–water partition coefficient (Wildman–Crippen LogP) is 3.72. The molecule has 0 saturated carbocycles. The van der Waals surface area contributed by atoms with E-state index >= 15 is 0 Å². The summed E-state index contributed by atoms with van der Waals surface area (Å²) in [6.45, 7) is 3.88. The Bertz CT molecular complexity index is 1380. The second kappa shape index (κ2) is 10.9. The van der Waals surface area contributed by atoms with Crippen LogP contribution >= 0.6 is 11.3 Å². The van der Waals surface area contributed by atoms with Crippen LogP contribution in [-0.4, -0.2) is 33.1 Å². The number of fused-ring (bicyclic) bond motifs is 1. The molecule has 2 heterocycles. The Hall–Kier alpha value is -4.05. The van der Waals surface area contributed by atoms with Gasteiger partial charge < -0.3 is 14.8 Å². The number of ether oxygens (including phenoxy) is 2. The fourth-order valence-corrected chi connectivity index (χ4v) is 4.31. The molecule has 1 amide bonds. The Morgan fingerprint density at radius 1 is 1.09 bits per heavy atom. The fraction of sp³-hybridized carbons (Fsp3) is 0.240. The van der Waals surface area contributed by atoms with Crippen molar-refractivity contribution in [2.75, 3.05) is 11.9 Å². The zero-order chi connectivity index (χ0) is 24.8. The average Bonchev–Trinajstić information content (AvgIpc) is 3.24. The fourth-order valence-electron chi connectivity index (χ4n) is 3.18. The van der Waals surface area contributed by atoms with E-state index < -0.39 is 5.97 Å². The van der Waals surface area contributed by atoms with Gasteiger partial charge in [-0.25, -0.2) is 9.78 Å². The summed E-state index contributed by atoms with van der Waals surface area (Å²) in [5.41, 5.74) is 0.859. The number of carbonyl (C=O) groups excluding carboxylic acids is 2. The number of nitrogens with zero attached hydrogens (tertiary/aromatic N) is 3. The average molecular weight is 493 g/mol. The second-order valence-electron chi connectivity index (χ2n) is 8.18. The van der Waals surface area contributed by atoms with Crippen LogP contribution in [0, 0.1) is 5.92 Å². The van der Waals surface area contributed by atoms with Crippen molar-refractivity contribution in [1.29, 1.82) is 0 Å². The summed E-state index contributed by atoms with van der Waals surface area (Å²) in [6, 6.07) is 16.6. The van der Waals surface area contributed by atoms with Crippen molar-refractivity contribution in [3.63, 3.8) is 0 Å². The largest absolute Gasteiger partial charge is 0.484 e. The van der Waals surface area contributed by atoms with Gasteiger partial charge in [0.25, 0.3) is 11.5 Å². The van der Waals surface area contributed by atoms with Crippen LogP contribution in [0.4, 0.5) is 5.69 Å². The maximum absolute atomic E-state index is 12.4. The molecule has 0 saturated heterocycles. The molecule has 0 bridgehead atoms. The highest BCUT2D eigenvalue weighted by Gasteiger charge is 2.13. The van der Waals surface area contributed by atoms with E-state index in [2.05, 4.69) is 29.2 Å². The molecule has 0 aliphatic heterocycles.